The van der Waals surface area contributed by atoms with E-state index in [0.29, 0.717) is 11.3 Å². The summed E-state index contributed by atoms with van der Waals surface area (Å²) in [6.45, 7) is 8.36. The first-order valence-corrected chi connectivity index (χ1v) is 5.40. The van der Waals surface area contributed by atoms with E-state index < -0.39 is 0 Å². The van der Waals surface area contributed by atoms with Gasteiger partial charge >= 0.3 is 0 Å². The predicted molar refractivity (Wildman–Crippen MR) is 54.3 cm³/mol. The number of rotatable bonds is 3. The topological polar surface area (TPSA) is 20.2 Å². The van der Waals surface area contributed by atoms with Crippen LogP contribution < -0.4 is 0 Å². The van der Waals surface area contributed by atoms with Gasteiger partial charge in [-0.1, -0.05) is 19.9 Å². The second-order valence-corrected chi connectivity index (χ2v) is 5.17. The van der Waals surface area contributed by atoms with E-state index in [1.165, 1.54) is 12.8 Å². The molecule has 2 rings (SSSR count). The van der Waals surface area contributed by atoms with E-state index >= 15 is 0 Å². The molecule has 2 aliphatic carbocycles. The molecular formula is C12H20O. The lowest BCUT2D eigenvalue weighted by atomic mass is 9.95. The molecule has 2 saturated carbocycles. The zero-order valence-electron chi connectivity index (χ0n) is 8.66. The van der Waals surface area contributed by atoms with Crippen molar-refractivity contribution in [2.75, 3.05) is 0 Å². The lowest BCUT2D eigenvalue weighted by molar-refractivity contribution is 0.124. The molecule has 0 aromatic carbocycles. The predicted octanol–water partition coefficient (Wildman–Crippen LogP) is 2.61. The fourth-order valence-corrected chi connectivity index (χ4v) is 3.69. The Morgan fingerprint density at radius 1 is 1.69 bits per heavy atom. The first-order valence-electron chi connectivity index (χ1n) is 5.40. The molecule has 0 saturated heterocycles. The summed E-state index contributed by atoms with van der Waals surface area (Å²) in [7, 11) is 0. The number of fused-ring (bicyclic) bond motifs is 1. The monoisotopic (exact) mass is 180 g/mol. The van der Waals surface area contributed by atoms with E-state index in [4.69, 9.17) is 0 Å². The molecule has 1 nitrogen and oxygen atoms in total. The first-order chi connectivity index (χ1) is 6.11. The summed E-state index contributed by atoms with van der Waals surface area (Å²) in [5, 5.41) is 9.91. The number of aliphatic hydroxyl groups excluding tert-OH is 1. The molecule has 1 N–H and O–H groups in total. The van der Waals surface area contributed by atoms with Gasteiger partial charge in [0.25, 0.3) is 0 Å². The van der Waals surface area contributed by atoms with Crippen molar-refractivity contribution >= 4 is 0 Å². The van der Waals surface area contributed by atoms with Crippen LogP contribution in [0.2, 0.25) is 0 Å². The first kappa shape index (κ1) is 9.26. The van der Waals surface area contributed by atoms with Crippen molar-refractivity contribution in [2.24, 2.45) is 23.2 Å². The maximum atomic E-state index is 9.91. The Kier molecular flexibility index (Phi) is 2.03. The highest BCUT2D eigenvalue weighted by Crippen LogP contribution is 2.71. The van der Waals surface area contributed by atoms with Crippen molar-refractivity contribution in [1.29, 1.82) is 0 Å². The van der Waals surface area contributed by atoms with Crippen molar-refractivity contribution < 1.29 is 5.11 Å². The Morgan fingerprint density at radius 3 is 2.85 bits per heavy atom. The van der Waals surface area contributed by atoms with Gasteiger partial charge < -0.3 is 5.11 Å². The Balaban J connectivity index is 2.02. The highest BCUT2D eigenvalue weighted by Gasteiger charge is 2.67. The molecule has 0 aromatic rings. The van der Waals surface area contributed by atoms with Gasteiger partial charge in [0.2, 0.25) is 0 Å². The van der Waals surface area contributed by atoms with Crippen LogP contribution in [0.4, 0.5) is 0 Å². The van der Waals surface area contributed by atoms with Crippen LogP contribution in [0.15, 0.2) is 12.7 Å². The quantitative estimate of drug-likeness (QED) is 0.662. The number of hydrogen-bond acceptors (Lipinski definition) is 1. The van der Waals surface area contributed by atoms with Crippen LogP contribution >= 0.6 is 0 Å². The number of aliphatic hydroxyl groups is 1. The van der Waals surface area contributed by atoms with E-state index in [-0.39, 0.29) is 6.10 Å². The maximum absolute atomic E-state index is 9.91. The Bertz CT molecular complexity index is 223. The Morgan fingerprint density at radius 2 is 2.38 bits per heavy atom. The molecule has 74 valence electrons. The molecule has 5 atom stereocenters. The van der Waals surface area contributed by atoms with Crippen molar-refractivity contribution in [2.45, 2.75) is 39.2 Å². The molecule has 1 unspecified atom stereocenters. The van der Waals surface area contributed by atoms with Gasteiger partial charge in [-0.3, -0.25) is 0 Å². The second kappa shape index (κ2) is 2.84. The summed E-state index contributed by atoms with van der Waals surface area (Å²) in [6.07, 6.45) is 5.15. The van der Waals surface area contributed by atoms with Gasteiger partial charge in [-0.15, -0.1) is 6.58 Å². The Labute approximate surface area is 80.8 Å². The van der Waals surface area contributed by atoms with Crippen LogP contribution in [-0.4, -0.2) is 11.2 Å². The molecule has 0 aliphatic heterocycles. The molecule has 0 aromatic heterocycles. The van der Waals surface area contributed by atoms with Gasteiger partial charge in [0.05, 0.1) is 6.10 Å². The van der Waals surface area contributed by atoms with Crippen LogP contribution in [0.5, 0.6) is 0 Å². The second-order valence-electron chi connectivity index (χ2n) is 5.17. The molecule has 0 amide bonds. The summed E-state index contributed by atoms with van der Waals surface area (Å²) in [5.74, 6) is 2.19. The highest BCUT2D eigenvalue weighted by atomic mass is 16.3. The van der Waals surface area contributed by atoms with E-state index in [1.807, 2.05) is 6.08 Å². The summed E-state index contributed by atoms with van der Waals surface area (Å²) < 4.78 is 0. The summed E-state index contributed by atoms with van der Waals surface area (Å²) in [4.78, 5) is 0. The largest absolute Gasteiger partial charge is 0.392 e. The SMILES string of the molecule is C=CC[C@H](O)[C@H]1[C@@H]2C(C)CC[C@]12C. The molecule has 0 radical (unpaired) electrons. The van der Waals surface area contributed by atoms with Crippen molar-refractivity contribution in [3.63, 3.8) is 0 Å². The summed E-state index contributed by atoms with van der Waals surface area (Å²) in [6, 6.07) is 0. The van der Waals surface area contributed by atoms with Crippen LogP contribution in [-0.2, 0) is 0 Å². The molecule has 2 aliphatic rings. The molecular weight excluding hydrogens is 160 g/mol. The van der Waals surface area contributed by atoms with E-state index in [2.05, 4.69) is 20.4 Å². The normalized spacial score (nSPS) is 49.9. The van der Waals surface area contributed by atoms with Gasteiger partial charge in [-0.05, 0) is 42.4 Å². The van der Waals surface area contributed by atoms with Crippen LogP contribution in [0.25, 0.3) is 0 Å². The van der Waals surface area contributed by atoms with Gasteiger partial charge in [0.1, 0.15) is 0 Å². The van der Waals surface area contributed by atoms with Gasteiger partial charge in [-0.2, -0.15) is 0 Å². The van der Waals surface area contributed by atoms with Crippen molar-refractivity contribution in [3.05, 3.63) is 12.7 Å². The zero-order valence-corrected chi connectivity index (χ0v) is 8.66. The van der Waals surface area contributed by atoms with Gasteiger partial charge in [-0.25, -0.2) is 0 Å². The molecule has 0 bridgehead atoms. The minimum absolute atomic E-state index is 0.129. The minimum Gasteiger partial charge on any atom is -0.392 e. The molecule has 0 spiro atoms. The average Bonchev–Trinajstić information content (AvgIpc) is 2.59. The standard InChI is InChI=1S/C12H20O/c1-4-5-9(13)11-10-8(2)6-7-12(10,11)3/h4,8-11,13H,1,5-7H2,2-3H3/t8?,9-,10-,11-,12-/m0/s1. The van der Waals surface area contributed by atoms with Crippen LogP contribution in [0.1, 0.15) is 33.1 Å². The smallest absolute Gasteiger partial charge is 0.0610 e. The van der Waals surface area contributed by atoms with E-state index in [1.54, 1.807) is 0 Å². The highest BCUT2D eigenvalue weighted by molar-refractivity contribution is 5.16. The summed E-state index contributed by atoms with van der Waals surface area (Å²) in [5.41, 5.74) is 0.474. The van der Waals surface area contributed by atoms with Crippen molar-refractivity contribution in [1.82, 2.24) is 0 Å². The average molecular weight is 180 g/mol. The third kappa shape index (κ3) is 1.17. The Hall–Kier alpha value is -0.300. The van der Waals surface area contributed by atoms with E-state index in [9.17, 15) is 5.11 Å². The van der Waals surface area contributed by atoms with Crippen LogP contribution in [0.3, 0.4) is 0 Å². The fraction of sp³-hybridized carbons (Fsp3) is 0.833. The van der Waals surface area contributed by atoms with Gasteiger partial charge in [0, 0.05) is 0 Å². The third-order valence-corrected chi connectivity index (χ3v) is 4.37. The van der Waals surface area contributed by atoms with E-state index in [0.717, 1.165) is 18.3 Å². The molecule has 13 heavy (non-hydrogen) atoms. The van der Waals surface area contributed by atoms with Crippen LogP contribution in [0, 0.1) is 23.2 Å². The molecule has 0 heterocycles. The fourth-order valence-electron chi connectivity index (χ4n) is 3.69. The molecule has 2 fully saturated rings. The minimum atomic E-state index is -0.129. The third-order valence-electron chi connectivity index (χ3n) is 4.37. The number of hydrogen-bond donors (Lipinski definition) is 1. The lowest BCUT2D eigenvalue weighted by Crippen LogP contribution is -2.15. The van der Waals surface area contributed by atoms with Gasteiger partial charge in [0.15, 0.2) is 0 Å². The zero-order chi connectivity index (χ0) is 9.64. The summed E-state index contributed by atoms with van der Waals surface area (Å²) >= 11 is 0. The van der Waals surface area contributed by atoms with Crippen molar-refractivity contribution in [3.8, 4) is 0 Å². The maximum Gasteiger partial charge on any atom is 0.0610 e. The lowest BCUT2D eigenvalue weighted by Gasteiger charge is -2.15. The molecule has 1 heteroatoms.